The van der Waals surface area contributed by atoms with Gasteiger partial charge in [0, 0.05) is 0 Å². The lowest BCUT2D eigenvalue weighted by atomic mass is 10.0. The summed E-state index contributed by atoms with van der Waals surface area (Å²) in [5.74, 6) is 1.24. The molecule has 0 amide bonds. The van der Waals surface area contributed by atoms with E-state index in [-0.39, 0.29) is 12.1 Å². The van der Waals surface area contributed by atoms with Crippen LogP contribution in [0.5, 0.6) is 11.5 Å². The van der Waals surface area contributed by atoms with E-state index >= 15 is 0 Å². The lowest BCUT2D eigenvalue weighted by Crippen LogP contribution is -2.09. The van der Waals surface area contributed by atoms with E-state index in [0.29, 0.717) is 12.2 Å². The molecule has 3 rings (SSSR count). The van der Waals surface area contributed by atoms with Crippen molar-refractivity contribution < 1.29 is 19.0 Å². The van der Waals surface area contributed by atoms with E-state index in [2.05, 4.69) is 0 Å². The van der Waals surface area contributed by atoms with Crippen molar-refractivity contribution in [1.82, 2.24) is 0 Å². The number of methoxy groups -OCH3 is 1. The molecule has 154 valence electrons. The number of ether oxygens (including phenoxy) is 3. The van der Waals surface area contributed by atoms with Gasteiger partial charge in [0.1, 0.15) is 24.2 Å². The number of hydrogen-bond acceptors (Lipinski definition) is 4. The molecule has 3 aromatic carbocycles. The maximum atomic E-state index is 12.5. The number of rotatable bonds is 8. The van der Waals surface area contributed by atoms with Crippen LogP contribution in [-0.4, -0.2) is 19.7 Å². The van der Waals surface area contributed by atoms with Gasteiger partial charge in [-0.25, -0.2) is 4.79 Å². The number of hydrogen-bond donors (Lipinski definition) is 0. The van der Waals surface area contributed by atoms with Gasteiger partial charge < -0.3 is 14.2 Å². The molecule has 0 aliphatic heterocycles. The summed E-state index contributed by atoms with van der Waals surface area (Å²) in [6.07, 6.45) is 3.57. The molecule has 0 saturated carbocycles. The van der Waals surface area contributed by atoms with Gasteiger partial charge in [0.2, 0.25) is 0 Å². The Balaban J connectivity index is 1.62. The van der Waals surface area contributed by atoms with Crippen LogP contribution in [0.2, 0.25) is 0 Å². The zero-order valence-corrected chi connectivity index (χ0v) is 17.5. The van der Waals surface area contributed by atoms with Gasteiger partial charge in [-0.2, -0.15) is 0 Å². The van der Waals surface area contributed by atoms with Crippen LogP contribution in [0.15, 0.2) is 84.9 Å². The monoisotopic (exact) mass is 402 g/mol. The van der Waals surface area contributed by atoms with Crippen LogP contribution >= 0.6 is 0 Å². The van der Waals surface area contributed by atoms with Gasteiger partial charge in [0.05, 0.1) is 12.7 Å². The Morgan fingerprint density at radius 3 is 2.00 bits per heavy atom. The molecule has 4 nitrogen and oxygen atoms in total. The number of carbonyl (C=O) groups excluding carboxylic acids is 1. The lowest BCUT2D eigenvalue weighted by Gasteiger charge is -2.14. The Labute approximate surface area is 177 Å². The second-order valence-electron chi connectivity index (χ2n) is 6.80. The SMILES string of the molecule is CC=CCOc1ccc(-c2ccc(C(=O)OC(C)c3ccc(OC)cc3)cc2)cc1. The summed E-state index contributed by atoms with van der Waals surface area (Å²) < 4.78 is 16.4. The third kappa shape index (κ3) is 5.51. The van der Waals surface area contributed by atoms with E-state index in [9.17, 15) is 4.79 Å². The van der Waals surface area contributed by atoms with E-state index < -0.39 is 0 Å². The minimum absolute atomic E-state index is 0.349. The number of allylic oxidation sites excluding steroid dienone is 1. The van der Waals surface area contributed by atoms with Crippen molar-refractivity contribution in [1.29, 1.82) is 0 Å². The second-order valence-corrected chi connectivity index (χ2v) is 6.80. The average molecular weight is 402 g/mol. The third-order valence-corrected chi connectivity index (χ3v) is 4.76. The van der Waals surface area contributed by atoms with Gasteiger partial charge in [-0.3, -0.25) is 0 Å². The molecule has 0 fully saturated rings. The molecule has 0 N–H and O–H groups in total. The first-order valence-electron chi connectivity index (χ1n) is 9.90. The van der Waals surface area contributed by atoms with E-state index in [0.717, 1.165) is 28.2 Å². The Hall–Kier alpha value is -3.53. The summed E-state index contributed by atoms with van der Waals surface area (Å²) in [5, 5.41) is 0. The molecule has 0 spiro atoms. The van der Waals surface area contributed by atoms with Gasteiger partial charge in [-0.1, -0.05) is 48.6 Å². The zero-order chi connectivity index (χ0) is 21.3. The highest BCUT2D eigenvalue weighted by Crippen LogP contribution is 2.25. The largest absolute Gasteiger partial charge is 0.497 e. The molecule has 0 heterocycles. The number of benzene rings is 3. The van der Waals surface area contributed by atoms with Crippen molar-refractivity contribution in [3.8, 4) is 22.6 Å². The summed E-state index contributed by atoms with van der Waals surface area (Å²) in [5.41, 5.74) is 3.51. The number of carbonyl (C=O) groups is 1. The Morgan fingerprint density at radius 2 is 1.43 bits per heavy atom. The molecule has 0 aromatic heterocycles. The minimum atomic E-state index is -0.349. The van der Waals surface area contributed by atoms with E-state index in [4.69, 9.17) is 14.2 Å². The third-order valence-electron chi connectivity index (χ3n) is 4.76. The van der Waals surface area contributed by atoms with Gasteiger partial charge in [-0.05, 0) is 66.9 Å². The molecule has 4 heteroatoms. The fourth-order valence-electron chi connectivity index (χ4n) is 2.95. The number of esters is 1. The van der Waals surface area contributed by atoms with Crippen LogP contribution in [0.4, 0.5) is 0 Å². The predicted octanol–water partition coefficient (Wildman–Crippen LogP) is 6.24. The van der Waals surface area contributed by atoms with Crippen LogP contribution in [0.1, 0.15) is 35.9 Å². The van der Waals surface area contributed by atoms with Crippen LogP contribution in [0, 0.1) is 0 Å². The summed E-state index contributed by atoms with van der Waals surface area (Å²) in [7, 11) is 1.62. The summed E-state index contributed by atoms with van der Waals surface area (Å²) in [6, 6.07) is 22.8. The summed E-state index contributed by atoms with van der Waals surface area (Å²) in [6.45, 7) is 4.38. The van der Waals surface area contributed by atoms with Gasteiger partial charge in [0.15, 0.2) is 0 Å². The first-order valence-corrected chi connectivity index (χ1v) is 9.90. The van der Waals surface area contributed by atoms with Crippen molar-refractivity contribution in [3.63, 3.8) is 0 Å². The molecule has 3 aromatic rings. The van der Waals surface area contributed by atoms with Crippen LogP contribution in [0.25, 0.3) is 11.1 Å². The molecule has 0 aliphatic rings. The lowest BCUT2D eigenvalue weighted by molar-refractivity contribution is 0.0338. The molecular formula is C26H26O4. The van der Waals surface area contributed by atoms with Crippen molar-refractivity contribution >= 4 is 5.97 Å². The Morgan fingerprint density at radius 1 is 0.867 bits per heavy atom. The molecule has 0 saturated heterocycles. The molecule has 0 radical (unpaired) electrons. The molecule has 30 heavy (non-hydrogen) atoms. The van der Waals surface area contributed by atoms with E-state index in [1.807, 2.05) is 86.7 Å². The predicted molar refractivity (Wildman–Crippen MR) is 119 cm³/mol. The maximum absolute atomic E-state index is 12.5. The Kier molecular flexibility index (Phi) is 7.28. The van der Waals surface area contributed by atoms with Crippen LogP contribution in [0.3, 0.4) is 0 Å². The highest BCUT2D eigenvalue weighted by atomic mass is 16.5. The maximum Gasteiger partial charge on any atom is 0.338 e. The minimum Gasteiger partial charge on any atom is -0.497 e. The molecule has 0 bridgehead atoms. The highest BCUT2D eigenvalue weighted by molar-refractivity contribution is 5.90. The summed E-state index contributed by atoms with van der Waals surface area (Å²) in [4.78, 5) is 12.5. The molecule has 0 aliphatic carbocycles. The van der Waals surface area contributed by atoms with Crippen molar-refractivity contribution in [2.45, 2.75) is 20.0 Å². The Bertz CT molecular complexity index is 971. The smallest absolute Gasteiger partial charge is 0.338 e. The first-order chi connectivity index (χ1) is 14.6. The molecule has 1 atom stereocenters. The van der Waals surface area contributed by atoms with Crippen LogP contribution in [-0.2, 0) is 4.74 Å². The average Bonchev–Trinajstić information content (AvgIpc) is 2.80. The quantitative estimate of drug-likeness (QED) is 0.331. The van der Waals surface area contributed by atoms with Crippen molar-refractivity contribution in [2.24, 2.45) is 0 Å². The molecule has 1 unspecified atom stereocenters. The zero-order valence-electron chi connectivity index (χ0n) is 17.5. The van der Waals surface area contributed by atoms with Crippen LogP contribution < -0.4 is 9.47 Å². The van der Waals surface area contributed by atoms with Gasteiger partial charge in [0.25, 0.3) is 0 Å². The van der Waals surface area contributed by atoms with E-state index in [1.165, 1.54) is 0 Å². The standard InChI is InChI=1S/C26H26O4/c1-4-5-18-29-25-16-12-22(13-17-25)21-6-8-23(9-7-21)26(27)30-19(2)20-10-14-24(28-3)15-11-20/h4-17,19H,18H2,1-3H3. The van der Waals surface area contributed by atoms with Crippen molar-refractivity contribution in [2.75, 3.05) is 13.7 Å². The fraction of sp³-hybridized carbons (Fsp3) is 0.192. The normalized spacial score (nSPS) is 11.8. The second kappa shape index (κ2) is 10.3. The van der Waals surface area contributed by atoms with Crippen molar-refractivity contribution in [3.05, 3.63) is 96.1 Å². The van der Waals surface area contributed by atoms with Gasteiger partial charge in [-0.15, -0.1) is 0 Å². The van der Waals surface area contributed by atoms with E-state index in [1.54, 1.807) is 19.2 Å². The highest BCUT2D eigenvalue weighted by Gasteiger charge is 2.14. The first kappa shape index (κ1) is 21.2. The molecular weight excluding hydrogens is 376 g/mol. The fourth-order valence-corrected chi connectivity index (χ4v) is 2.95. The van der Waals surface area contributed by atoms with Gasteiger partial charge >= 0.3 is 5.97 Å². The summed E-state index contributed by atoms with van der Waals surface area (Å²) >= 11 is 0. The topological polar surface area (TPSA) is 44.8 Å².